The molecule has 0 heterocycles. The molecular weight excluding hydrogens is 394 g/mol. The Bertz CT molecular complexity index is 674. The van der Waals surface area contributed by atoms with Crippen molar-refractivity contribution in [3.8, 4) is 0 Å². The number of carbonyl (C=O) groups excluding carboxylic acids is 1. The van der Waals surface area contributed by atoms with Crippen LogP contribution in [-0.4, -0.2) is 42.5 Å². The number of nitrogens with one attached hydrogen (secondary N) is 1. The van der Waals surface area contributed by atoms with E-state index in [0.29, 0.717) is 22.2 Å². The number of hydrogen-bond acceptors (Lipinski definition) is 4. The maximum atomic E-state index is 12.5. The number of halogens is 5. The number of ether oxygens (including phenoxy) is 1. The second-order valence-electron chi connectivity index (χ2n) is 5.13. The van der Waals surface area contributed by atoms with E-state index < -0.39 is 23.5 Å². The summed E-state index contributed by atoms with van der Waals surface area (Å²) in [6.07, 6.45) is -4.54. The first-order valence-electron chi connectivity index (χ1n) is 7.50. The summed E-state index contributed by atoms with van der Waals surface area (Å²) in [6.45, 7) is 2.23. The monoisotopic (exact) mass is 411 g/mol. The lowest BCUT2D eigenvalue weighted by atomic mass is 10.2. The zero-order chi connectivity index (χ0) is 19.9. The number of rotatable bonds is 8. The van der Waals surface area contributed by atoms with Crippen LogP contribution < -0.4 is 5.73 Å². The quantitative estimate of drug-likeness (QED) is 0.504. The summed E-state index contributed by atoms with van der Waals surface area (Å²) in [5.74, 6) is -0.951. The molecule has 144 valence electrons. The van der Waals surface area contributed by atoms with Crippen LogP contribution in [0, 0.1) is 5.41 Å². The summed E-state index contributed by atoms with van der Waals surface area (Å²) >= 11 is 12.2. The van der Waals surface area contributed by atoms with Crippen molar-refractivity contribution in [2.75, 3.05) is 19.8 Å². The minimum Gasteiger partial charge on any atom is -0.395 e. The van der Waals surface area contributed by atoms with Crippen molar-refractivity contribution >= 4 is 34.8 Å². The van der Waals surface area contributed by atoms with Crippen molar-refractivity contribution in [1.29, 1.82) is 5.41 Å². The first kappa shape index (κ1) is 22.3. The number of amides is 1. The summed E-state index contributed by atoms with van der Waals surface area (Å²) in [5.41, 5.74) is 2.85. The third kappa shape index (κ3) is 6.51. The molecule has 3 N–H and O–H groups in total. The molecule has 0 aliphatic heterocycles. The maximum absolute atomic E-state index is 12.5. The fourth-order valence-electron chi connectivity index (χ4n) is 1.92. The van der Waals surface area contributed by atoms with Crippen LogP contribution in [0.2, 0.25) is 10.0 Å². The average Bonchev–Trinajstić information content (AvgIpc) is 2.55. The van der Waals surface area contributed by atoms with Crippen molar-refractivity contribution in [1.82, 2.24) is 4.90 Å². The molecule has 0 bridgehead atoms. The summed E-state index contributed by atoms with van der Waals surface area (Å²) in [4.78, 5) is 13.5. The highest BCUT2D eigenvalue weighted by Gasteiger charge is 2.32. The van der Waals surface area contributed by atoms with Crippen LogP contribution in [0.5, 0.6) is 0 Å². The molecule has 0 spiro atoms. The third-order valence-corrected chi connectivity index (χ3v) is 3.97. The van der Waals surface area contributed by atoms with Crippen molar-refractivity contribution < 1.29 is 22.7 Å². The van der Waals surface area contributed by atoms with Gasteiger partial charge in [-0.25, -0.2) is 0 Å². The van der Waals surface area contributed by atoms with Gasteiger partial charge in [-0.1, -0.05) is 29.3 Å². The van der Waals surface area contributed by atoms with Crippen LogP contribution in [0.25, 0.3) is 0 Å². The molecule has 0 radical (unpaired) electrons. The molecule has 1 aromatic rings. The standard InChI is InChI=1S/C16H18Cl2F3N3O2/c1-2-26-7-6-24(9-10-11(17)4-3-5-12(10)18)15(25)13(22)8-14(23)16(19,20)21/h3-5,8,22H,2,6-7,9,23H2,1H3. The zero-order valence-electron chi connectivity index (χ0n) is 13.9. The van der Waals surface area contributed by atoms with Crippen molar-refractivity contribution in [3.63, 3.8) is 0 Å². The predicted octanol–water partition coefficient (Wildman–Crippen LogP) is 3.78. The number of alkyl halides is 3. The molecule has 0 atom stereocenters. The van der Waals surface area contributed by atoms with Gasteiger partial charge in [0, 0.05) is 35.3 Å². The Morgan fingerprint density at radius 3 is 2.42 bits per heavy atom. The molecule has 26 heavy (non-hydrogen) atoms. The van der Waals surface area contributed by atoms with E-state index in [2.05, 4.69) is 0 Å². The largest absolute Gasteiger partial charge is 0.430 e. The zero-order valence-corrected chi connectivity index (χ0v) is 15.4. The van der Waals surface area contributed by atoms with E-state index in [0.717, 1.165) is 4.90 Å². The van der Waals surface area contributed by atoms with Crippen LogP contribution in [0.3, 0.4) is 0 Å². The molecule has 0 unspecified atom stereocenters. The molecule has 0 aliphatic rings. The molecule has 0 aromatic heterocycles. The fourth-order valence-corrected chi connectivity index (χ4v) is 2.43. The van der Waals surface area contributed by atoms with Crippen LogP contribution in [0.4, 0.5) is 13.2 Å². The third-order valence-electron chi connectivity index (χ3n) is 3.27. The van der Waals surface area contributed by atoms with Gasteiger partial charge in [0.05, 0.1) is 6.61 Å². The van der Waals surface area contributed by atoms with E-state index >= 15 is 0 Å². The predicted molar refractivity (Wildman–Crippen MR) is 94.4 cm³/mol. The van der Waals surface area contributed by atoms with E-state index in [-0.39, 0.29) is 25.8 Å². The lowest BCUT2D eigenvalue weighted by molar-refractivity contribution is -0.125. The van der Waals surface area contributed by atoms with Gasteiger partial charge in [-0.05, 0) is 25.1 Å². The van der Waals surface area contributed by atoms with Crippen LogP contribution in [0.15, 0.2) is 30.0 Å². The molecule has 0 aliphatic carbocycles. The number of hydrogen-bond donors (Lipinski definition) is 2. The number of nitrogens with two attached hydrogens (primary N) is 1. The van der Waals surface area contributed by atoms with Gasteiger partial charge in [0.1, 0.15) is 11.4 Å². The highest BCUT2D eigenvalue weighted by molar-refractivity contribution is 6.42. The van der Waals surface area contributed by atoms with Crippen molar-refractivity contribution in [3.05, 3.63) is 45.6 Å². The summed E-state index contributed by atoms with van der Waals surface area (Å²) in [5, 5.41) is 8.22. The van der Waals surface area contributed by atoms with E-state index in [4.69, 9.17) is 39.1 Å². The Balaban J connectivity index is 3.05. The maximum Gasteiger partial charge on any atom is 0.430 e. The first-order chi connectivity index (χ1) is 12.1. The van der Waals surface area contributed by atoms with Crippen molar-refractivity contribution in [2.24, 2.45) is 5.73 Å². The summed E-state index contributed by atoms with van der Waals surface area (Å²) < 4.78 is 42.7. The van der Waals surface area contributed by atoms with E-state index in [9.17, 15) is 18.0 Å². The van der Waals surface area contributed by atoms with Crippen LogP contribution in [0.1, 0.15) is 12.5 Å². The Morgan fingerprint density at radius 2 is 1.92 bits per heavy atom. The Morgan fingerprint density at radius 1 is 1.35 bits per heavy atom. The molecule has 0 saturated heterocycles. The van der Waals surface area contributed by atoms with E-state index in [1.54, 1.807) is 25.1 Å². The Hall–Kier alpha value is -1.77. The highest BCUT2D eigenvalue weighted by Crippen LogP contribution is 2.26. The average molecular weight is 412 g/mol. The minimum atomic E-state index is -4.82. The van der Waals surface area contributed by atoms with Gasteiger partial charge in [0.2, 0.25) is 0 Å². The van der Waals surface area contributed by atoms with E-state index in [1.165, 1.54) is 0 Å². The van der Waals surface area contributed by atoms with Gasteiger partial charge in [-0.2, -0.15) is 13.2 Å². The first-order valence-corrected chi connectivity index (χ1v) is 8.26. The number of allylic oxidation sites excluding steroid dienone is 1. The summed E-state index contributed by atoms with van der Waals surface area (Å²) in [7, 11) is 0. The van der Waals surface area contributed by atoms with Crippen LogP contribution in [-0.2, 0) is 16.1 Å². The van der Waals surface area contributed by atoms with Gasteiger partial charge >= 0.3 is 6.18 Å². The van der Waals surface area contributed by atoms with E-state index in [1.807, 2.05) is 0 Å². The SMILES string of the molecule is CCOCCN(Cc1c(Cl)cccc1Cl)C(=O)C(=N)C=C(N)C(F)(F)F. The van der Waals surface area contributed by atoms with Gasteiger partial charge in [0.25, 0.3) is 5.91 Å². The van der Waals surface area contributed by atoms with Gasteiger partial charge in [0.15, 0.2) is 0 Å². The Labute approximate surface area is 159 Å². The topological polar surface area (TPSA) is 79.4 Å². The van der Waals surface area contributed by atoms with Gasteiger partial charge < -0.3 is 15.4 Å². The lowest BCUT2D eigenvalue weighted by Gasteiger charge is -2.23. The molecular formula is C16H18Cl2F3N3O2. The molecule has 10 heteroatoms. The fraction of sp³-hybridized carbons (Fsp3) is 0.375. The second kappa shape index (κ2) is 9.80. The number of benzene rings is 1. The molecule has 1 aromatic carbocycles. The summed E-state index contributed by atoms with van der Waals surface area (Å²) in [6, 6.07) is 4.76. The molecule has 1 rings (SSSR count). The molecule has 1 amide bonds. The lowest BCUT2D eigenvalue weighted by Crippen LogP contribution is -2.38. The smallest absolute Gasteiger partial charge is 0.395 e. The number of nitrogens with zero attached hydrogens (tertiary/aromatic N) is 1. The molecule has 5 nitrogen and oxygen atoms in total. The molecule has 0 saturated carbocycles. The van der Waals surface area contributed by atoms with Crippen LogP contribution >= 0.6 is 23.2 Å². The molecule has 0 fully saturated rings. The van der Waals surface area contributed by atoms with Crippen molar-refractivity contribution in [2.45, 2.75) is 19.6 Å². The second-order valence-corrected chi connectivity index (χ2v) is 5.95. The minimum absolute atomic E-state index is 0.0381. The van der Waals surface area contributed by atoms with Gasteiger partial charge in [-0.3, -0.25) is 10.2 Å². The highest BCUT2D eigenvalue weighted by atomic mass is 35.5. The Kier molecular flexibility index (Phi) is 8.39. The normalized spacial score (nSPS) is 12.2. The van der Waals surface area contributed by atoms with Gasteiger partial charge in [-0.15, -0.1) is 0 Å². The number of carbonyl (C=O) groups is 1.